The number of hydrogen-bond donors (Lipinski definition) is 3. The summed E-state index contributed by atoms with van der Waals surface area (Å²) < 4.78 is 27.3. The van der Waals surface area contributed by atoms with Crippen LogP contribution >= 0.6 is 11.6 Å². The molecule has 132 valence electrons. The number of rotatable bonds is 4. The molecule has 0 unspecified atom stereocenters. The molecule has 1 aliphatic rings. The molecule has 0 radical (unpaired) electrons. The Morgan fingerprint density at radius 2 is 2.04 bits per heavy atom. The van der Waals surface area contributed by atoms with Crippen molar-refractivity contribution in [3.63, 3.8) is 0 Å². The molecule has 25 heavy (non-hydrogen) atoms. The SMILES string of the molecule is O=C(N[C@H](c1ccc(F)cc1F)C1CC(O)C1)c1cc(Cl)c[nH]c1=O. The molecule has 1 aromatic heterocycles. The minimum Gasteiger partial charge on any atom is -0.393 e. The number of hydrogen-bond acceptors (Lipinski definition) is 3. The smallest absolute Gasteiger partial charge is 0.260 e. The summed E-state index contributed by atoms with van der Waals surface area (Å²) in [4.78, 5) is 26.6. The van der Waals surface area contributed by atoms with E-state index in [0.29, 0.717) is 12.8 Å². The van der Waals surface area contributed by atoms with E-state index >= 15 is 0 Å². The van der Waals surface area contributed by atoms with Crippen molar-refractivity contribution in [1.82, 2.24) is 10.3 Å². The number of carbonyl (C=O) groups is 1. The molecule has 1 aliphatic carbocycles. The Bertz CT molecular complexity index is 865. The van der Waals surface area contributed by atoms with E-state index in [4.69, 9.17) is 11.6 Å². The van der Waals surface area contributed by atoms with Crippen molar-refractivity contribution in [3.8, 4) is 0 Å². The summed E-state index contributed by atoms with van der Waals surface area (Å²) in [6, 6.07) is 3.50. The van der Waals surface area contributed by atoms with Gasteiger partial charge >= 0.3 is 0 Å². The van der Waals surface area contributed by atoms with E-state index < -0.39 is 35.2 Å². The Morgan fingerprint density at radius 3 is 2.68 bits per heavy atom. The van der Waals surface area contributed by atoms with Gasteiger partial charge in [0.25, 0.3) is 11.5 Å². The molecule has 2 aromatic rings. The second-order valence-electron chi connectivity index (χ2n) is 6.06. The molecule has 1 atom stereocenters. The summed E-state index contributed by atoms with van der Waals surface area (Å²) in [5, 5.41) is 12.3. The third-order valence-corrected chi connectivity index (χ3v) is 4.54. The van der Waals surface area contributed by atoms with Crippen LogP contribution in [0.1, 0.15) is 34.8 Å². The molecule has 1 saturated carbocycles. The fourth-order valence-electron chi connectivity index (χ4n) is 2.95. The quantitative estimate of drug-likeness (QED) is 0.775. The number of pyridine rings is 1. The highest BCUT2D eigenvalue weighted by molar-refractivity contribution is 6.30. The zero-order valence-electron chi connectivity index (χ0n) is 12.9. The molecule has 3 rings (SSSR count). The van der Waals surface area contributed by atoms with Crippen molar-refractivity contribution < 1.29 is 18.7 Å². The summed E-state index contributed by atoms with van der Waals surface area (Å²) in [5.74, 6) is -2.48. The number of aromatic nitrogens is 1. The number of nitrogens with one attached hydrogen (secondary N) is 2. The van der Waals surface area contributed by atoms with Gasteiger partial charge in [0.2, 0.25) is 0 Å². The average molecular weight is 369 g/mol. The number of halogens is 3. The lowest BCUT2D eigenvalue weighted by Crippen LogP contribution is -2.42. The lowest BCUT2D eigenvalue weighted by molar-refractivity contribution is 0.0229. The number of carbonyl (C=O) groups excluding carboxylic acids is 1. The molecule has 1 aromatic carbocycles. The van der Waals surface area contributed by atoms with Crippen LogP contribution in [0.15, 0.2) is 35.3 Å². The molecule has 0 bridgehead atoms. The molecule has 8 heteroatoms. The summed E-state index contributed by atoms with van der Waals surface area (Å²) in [6.07, 6.45) is 1.46. The maximum atomic E-state index is 14.2. The molecule has 1 amide bonds. The molecule has 3 N–H and O–H groups in total. The molecule has 1 fully saturated rings. The van der Waals surface area contributed by atoms with Gasteiger partial charge in [0.1, 0.15) is 17.2 Å². The van der Waals surface area contributed by atoms with Crippen LogP contribution in [0.3, 0.4) is 0 Å². The van der Waals surface area contributed by atoms with E-state index in [1.54, 1.807) is 0 Å². The van der Waals surface area contributed by atoms with Gasteiger partial charge in [-0.05, 0) is 30.9 Å². The first-order valence-electron chi connectivity index (χ1n) is 7.67. The monoisotopic (exact) mass is 368 g/mol. The minimum absolute atomic E-state index is 0.102. The number of amides is 1. The van der Waals surface area contributed by atoms with Crippen molar-refractivity contribution in [2.24, 2.45) is 5.92 Å². The average Bonchev–Trinajstić information content (AvgIpc) is 2.52. The van der Waals surface area contributed by atoms with E-state index in [-0.39, 0.29) is 22.1 Å². The van der Waals surface area contributed by atoms with Gasteiger partial charge in [-0.1, -0.05) is 17.7 Å². The Balaban J connectivity index is 1.91. The second-order valence-corrected chi connectivity index (χ2v) is 6.50. The molecule has 0 saturated heterocycles. The first-order valence-corrected chi connectivity index (χ1v) is 8.05. The van der Waals surface area contributed by atoms with Gasteiger partial charge in [-0.25, -0.2) is 8.78 Å². The zero-order valence-corrected chi connectivity index (χ0v) is 13.7. The van der Waals surface area contributed by atoms with Gasteiger partial charge in [-0.15, -0.1) is 0 Å². The van der Waals surface area contributed by atoms with Crippen molar-refractivity contribution in [1.29, 1.82) is 0 Å². The van der Waals surface area contributed by atoms with Gasteiger partial charge < -0.3 is 15.4 Å². The predicted molar refractivity (Wildman–Crippen MR) is 87.4 cm³/mol. The normalized spacial score (nSPS) is 20.6. The van der Waals surface area contributed by atoms with Crippen LogP contribution in [0.25, 0.3) is 0 Å². The highest BCUT2D eigenvalue weighted by atomic mass is 35.5. The number of aromatic amines is 1. The predicted octanol–water partition coefficient (Wildman–Crippen LogP) is 2.55. The van der Waals surface area contributed by atoms with Crippen molar-refractivity contribution in [2.75, 3.05) is 0 Å². The summed E-state index contributed by atoms with van der Waals surface area (Å²) in [5.41, 5.74) is -0.737. The topological polar surface area (TPSA) is 82.2 Å². The lowest BCUT2D eigenvalue weighted by Gasteiger charge is -2.38. The Hall–Kier alpha value is -2.25. The molecule has 1 heterocycles. The van der Waals surface area contributed by atoms with Crippen LogP contribution in [0.2, 0.25) is 5.02 Å². The van der Waals surface area contributed by atoms with Crippen molar-refractivity contribution in [3.05, 3.63) is 68.6 Å². The first kappa shape index (κ1) is 17.6. The van der Waals surface area contributed by atoms with Gasteiger partial charge in [0.15, 0.2) is 0 Å². The van der Waals surface area contributed by atoms with Crippen LogP contribution in [0.4, 0.5) is 8.78 Å². The third-order valence-electron chi connectivity index (χ3n) is 4.32. The first-order chi connectivity index (χ1) is 11.8. The van der Waals surface area contributed by atoms with Gasteiger partial charge in [-0.2, -0.15) is 0 Å². The van der Waals surface area contributed by atoms with Crippen LogP contribution < -0.4 is 10.9 Å². The molecule has 0 aliphatic heterocycles. The number of aliphatic hydroxyl groups excluding tert-OH is 1. The zero-order chi connectivity index (χ0) is 18.1. The maximum absolute atomic E-state index is 14.2. The molecule has 5 nitrogen and oxygen atoms in total. The number of benzene rings is 1. The van der Waals surface area contributed by atoms with Crippen LogP contribution in [-0.4, -0.2) is 22.1 Å². The van der Waals surface area contributed by atoms with Gasteiger partial charge in [0.05, 0.1) is 17.2 Å². The minimum atomic E-state index is -0.799. The Labute approximate surface area is 146 Å². The lowest BCUT2D eigenvalue weighted by atomic mass is 9.75. The standard InChI is InChI=1S/C17H15ClF2N2O3/c18-9-5-13(16(24)21-7-9)17(25)22-15(8-3-11(23)4-8)12-2-1-10(19)6-14(12)20/h1-2,5-8,11,15,23H,3-4H2,(H,21,24)(H,22,25)/t8?,11?,15-/m0/s1. The number of aliphatic hydroxyl groups is 1. The highest BCUT2D eigenvalue weighted by Crippen LogP contribution is 2.39. The summed E-state index contributed by atoms with van der Waals surface area (Å²) >= 11 is 5.79. The maximum Gasteiger partial charge on any atom is 0.260 e. The molecular weight excluding hydrogens is 354 g/mol. The summed E-state index contributed by atoms with van der Waals surface area (Å²) in [6.45, 7) is 0. The van der Waals surface area contributed by atoms with E-state index in [0.717, 1.165) is 12.1 Å². The van der Waals surface area contributed by atoms with Crippen molar-refractivity contribution >= 4 is 17.5 Å². The number of H-pyrrole nitrogens is 1. The Morgan fingerprint density at radius 1 is 1.32 bits per heavy atom. The van der Waals surface area contributed by atoms with E-state index in [1.807, 2.05) is 0 Å². The highest BCUT2D eigenvalue weighted by Gasteiger charge is 2.37. The molecule has 0 spiro atoms. The van der Waals surface area contributed by atoms with Gasteiger partial charge in [0, 0.05) is 17.8 Å². The van der Waals surface area contributed by atoms with E-state index in [2.05, 4.69) is 10.3 Å². The third kappa shape index (κ3) is 3.72. The largest absolute Gasteiger partial charge is 0.393 e. The Kier molecular flexibility index (Phi) is 4.87. The fourth-order valence-corrected chi connectivity index (χ4v) is 3.11. The van der Waals surface area contributed by atoms with Crippen LogP contribution in [0.5, 0.6) is 0 Å². The molecular formula is C17H15ClF2N2O3. The fraction of sp³-hybridized carbons (Fsp3) is 0.294. The summed E-state index contributed by atoms with van der Waals surface area (Å²) in [7, 11) is 0. The van der Waals surface area contributed by atoms with Crippen LogP contribution in [-0.2, 0) is 0 Å². The second kappa shape index (κ2) is 6.93. The van der Waals surface area contributed by atoms with E-state index in [1.165, 1.54) is 18.3 Å². The van der Waals surface area contributed by atoms with Gasteiger partial charge in [-0.3, -0.25) is 9.59 Å². The van der Waals surface area contributed by atoms with Crippen molar-refractivity contribution in [2.45, 2.75) is 25.0 Å². The van der Waals surface area contributed by atoms with Crippen LogP contribution in [0, 0.1) is 17.6 Å². The van der Waals surface area contributed by atoms with E-state index in [9.17, 15) is 23.5 Å².